The van der Waals surface area contributed by atoms with E-state index in [0.29, 0.717) is 22.6 Å². The highest BCUT2D eigenvalue weighted by molar-refractivity contribution is 9.09. The highest BCUT2D eigenvalue weighted by atomic mass is 79.9. The smallest absolute Gasteiger partial charge is 0.163 e. The molecule has 0 aliphatic carbocycles. The van der Waals surface area contributed by atoms with E-state index < -0.39 is 16.5 Å². The molecule has 0 fully saturated rings. The van der Waals surface area contributed by atoms with Gasteiger partial charge in [-0.3, -0.25) is 0 Å². The maximum absolute atomic E-state index is 14.2. The van der Waals surface area contributed by atoms with E-state index in [1.807, 2.05) is 0 Å². The lowest BCUT2D eigenvalue weighted by Gasteiger charge is -2.15. The van der Waals surface area contributed by atoms with Crippen LogP contribution in [-0.4, -0.2) is 14.2 Å². The van der Waals surface area contributed by atoms with Crippen molar-refractivity contribution in [1.29, 1.82) is 0 Å². The molecule has 0 heterocycles. The molecule has 6 heteroatoms. The van der Waals surface area contributed by atoms with Gasteiger partial charge in [-0.25, -0.2) is 8.78 Å². The van der Waals surface area contributed by atoms with Crippen molar-refractivity contribution < 1.29 is 18.3 Å². The van der Waals surface area contributed by atoms with Crippen molar-refractivity contribution in [3.8, 4) is 11.5 Å². The van der Waals surface area contributed by atoms with Gasteiger partial charge in [0.05, 0.1) is 24.1 Å². The van der Waals surface area contributed by atoms with Gasteiger partial charge in [-0.15, -0.1) is 0 Å². The molecule has 1 atom stereocenters. The Hall–Kier alpha value is -1.33. The average Bonchev–Trinajstić information content (AvgIpc) is 2.49. The van der Waals surface area contributed by atoms with Gasteiger partial charge in [-0.1, -0.05) is 33.6 Å². The molecular formula is C15H12BrClF2O2. The van der Waals surface area contributed by atoms with Crippen LogP contribution in [0.4, 0.5) is 8.78 Å². The summed E-state index contributed by atoms with van der Waals surface area (Å²) in [4.78, 5) is -0.490. The summed E-state index contributed by atoms with van der Waals surface area (Å²) in [5.74, 6) is -0.273. The van der Waals surface area contributed by atoms with Crippen molar-refractivity contribution in [3.63, 3.8) is 0 Å². The Morgan fingerprint density at radius 2 is 1.62 bits per heavy atom. The molecule has 0 aliphatic heterocycles. The summed E-state index contributed by atoms with van der Waals surface area (Å²) >= 11 is 9.15. The number of benzene rings is 2. The van der Waals surface area contributed by atoms with Crippen LogP contribution in [0.2, 0.25) is 5.02 Å². The number of ether oxygens (including phenoxy) is 2. The van der Waals surface area contributed by atoms with Crippen LogP contribution in [0.25, 0.3) is 0 Å². The van der Waals surface area contributed by atoms with Crippen molar-refractivity contribution >= 4 is 27.5 Å². The maximum Gasteiger partial charge on any atom is 0.163 e. The predicted molar refractivity (Wildman–Crippen MR) is 81.7 cm³/mol. The quantitative estimate of drug-likeness (QED) is 0.689. The monoisotopic (exact) mass is 376 g/mol. The van der Waals surface area contributed by atoms with E-state index in [9.17, 15) is 8.78 Å². The molecule has 0 spiro atoms. The van der Waals surface area contributed by atoms with Gasteiger partial charge in [0.15, 0.2) is 11.5 Å². The molecule has 2 rings (SSSR count). The molecule has 21 heavy (non-hydrogen) atoms. The minimum absolute atomic E-state index is 0.0159. The lowest BCUT2D eigenvalue weighted by atomic mass is 10.0. The maximum atomic E-state index is 14.2. The fourth-order valence-electron chi connectivity index (χ4n) is 1.91. The van der Waals surface area contributed by atoms with E-state index in [1.165, 1.54) is 44.6 Å². The summed E-state index contributed by atoms with van der Waals surface area (Å²) in [5.41, 5.74) is 0.975. The number of methoxy groups -OCH3 is 2. The fourth-order valence-corrected chi connectivity index (χ4v) is 2.74. The van der Waals surface area contributed by atoms with Crippen LogP contribution >= 0.6 is 27.5 Å². The Morgan fingerprint density at radius 1 is 1.00 bits per heavy atom. The molecule has 0 aliphatic rings. The number of hydrogen-bond acceptors (Lipinski definition) is 2. The Bertz CT molecular complexity index is 664. The Morgan fingerprint density at radius 3 is 2.19 bits per heavy atom. The summed E-state index contributed by atoms with van der Waals surface area (Å²) in [6.07, 6.45) is 0. The summed E-state index contributed by atoms with van der Waals surface area (Å²) in [6, 6.07) is 7.01. The van der Waals surface area contributed by atoms with Gasteiger partial charge in [0, 0.05) is 11.6 Å². The lowest BCUT2D eigenvalue weighted by Crippen LogP contribution is -2.00. The van der Waals surface area contributed by atoms with Gasteiger partial charge in [0.1, 0.15) is 11.6 Å². The normalized spacial score (nSPS) is 12.1. The Kier molecular flexibility index (Phi) is 5.06. The predicted octanol–water partition coefficient (Wildman–Crippen LogP) is 5.12. The largest absolute Gasteiger partial charge is 0.493 e. The van der Waals surface area contributed by atoms with E-state index in [2.05, 4.69) is 15.9 Å². The third kappa shape index (κ3) is 3.30. The van der Waals surface area contributed by atoms with Gasteiger partial charge >= 0.3 is 0 Å². The van der Waals surface area contributed by atoms with Crippen molar-refractivity contribution in [3.05, 3.63) is 58.1 Å². The molecule has 0 amide bonds. The van der Waals surface area contributed by atoms with E-state index >= 15 is 0 Å². The first kappa shape index (κ1) is 16.0. The molecule has 2 nitrogen and oxygen atoms in total. The zero-order valence-electron chi connectivity index (χ0n) is 11.3. The average molecular weight is 378 g/mol. The molecular weight excluding hydrogens is 366 g/mol. The number of halogens is 4. The molecule has 0 saturated heterocycles. The summed E-state index contributed by atoms with van der Waals surface area (Å²) in [5, 5.41) is -0.0159. The van der Waals surface area contributed by atoms with Crippen LogP contribution in [0.3, 0.4) is 0 Å². The van der Waals surface area contributed by atoms with Crippen molar-refractivity contribution in [2.75, 3.05) is 14.2 Å². The molecule has 2 aromatic rings. The molecule has 0 aromatic heterocycles. The second-order valence-corrected chi connectivity index (χ2v) is 5.59. The first-order valence-electron chi connectivity index (χ1n) is 5.98. The first-order chi connectivity index (χ1) is 9.97. The zero-order chi connectivity index (χ0) is 15.6. The summed E-state index contributed by atoms with van der Waals surface area (Å²) in [7, 11) is 2.90. The fraction of sp³-hybridized carbons (Fsp3) is 0.200. The third-order valence-electron chi connectivity index (χ3n) is 3.01. The second-order valence-electron chi connectivity index (χ2n) is 4.26. The van der Waals surface area contributed by atoms with Gasteiger partial charge in [-0.05, 0) is 23.8 Å². The lowest BCUT2D eigenvalue weighted by molar-refractivity contribution is 0.351. The van der Waals surface area contributed by atoms with E-state index in [1.54, 1.807) is 0 Å². The van der Waals surface area contributed by atoms with Gasteiger partial charge < -0.3 is 9.47 Å². The van der Waals surface area contributed by atoms with Gasteiger partial charge in [-0.2, -0.15) is 0 Å². The highest BCUT2D eigenvalue weighted by Crippen LogP contribution is 2.39. The molecule has 112 valence electrons. The van der Waals surface area contributed by atoms with Crippen LogP contribution in [-0.2, 0) is 0 Å². The van der Waals surface area contributed by atoms with Crippen LogP contribution in [0.1, 0.15) is 16.0 Å². The Labute approximate surface area is 134 Å². The molecule has 1 unspecified atom stereocenters. The molecule has 0 saturated carbocycles. The number of hydrogen-bond donors (Lipinski definition) is 0. The van der Waals surface area contributed by atoms with Crippen LogP contribution in [0.5, 0.6) is 11.5 Å². The molecule has 0 N–H and O–H groups in total. The van der Waals surface area contributed by atoms with Crippen molar-refractivity contribution in [2.24, 2.45) is 0 Å². The van der Waals surface area contributed by atoms with Crippen LogP contribution in [0, 0.1) is 11.6 Å². The number of alkyl halides is 1. The van der Waals surface area contributed by atoms with Crippen molar-refractivity contribution in [2.45, 2.75) is 4.83 Å². The highest BCUT2D eigenvalue weighted by Gasteiger charge is 2.19. The zero-order valence-corrected chi connectivity index (χ0v) is 13.6. The molecule has 0 radical (unpaired) electrons. The van der Waals surface area contributed by atoms with E-state index in [0.717, 1.165) is 0 Å². The van der Waals surface area contributed by atoms with Crippen LogP contribution in [0.15, 0.2) is 30.3 Å². The number of rotatable bonds is 4. The van der Waals surface area contributed by atoms with Gasteiger partial charge in [0.25, 0.3) is 0 Å². The van der Waals surface area contributed by atoms with E-state index in [4.69, 9.17) is 21.1 Å². The minimum Gasteiger partial charge on any atom is -0.493 e. The third-order valence-corrected chi connectivity index (χ3v) is 4.32. The summed E-state index contributed by atoms with van der Waals surface area (Å²) in [6.45, 7) is 0. The van der Waals surface area contributed by atoms with E-state index in [-0.39, 0.29) is 5.02 Å². The molecule has 0 bridgehead atoms. The SMILES string of the molecule is COc1cc(F)c(C(Br)c2ccc(F)c(Cl)c2)cc1OC. The Balaban J connectivity index is 2.47. The first-order valence-corrected chi connectivity index (χ1v) is 7.27. The second kappa shape index (κ2) is 6.62. The topological polar surface area (TPSA) is 18.5 Å². The standard InChI is InChI=1S/C15H12BrClF2O2/c1-20-13-6-9(12(19)7-14(13)21-2)15(16)8-3-4-11(18)10(17)5-8/h3-7,15H,1-2H3. The summed E-state index contributed by atoms with van der Waals surface area (Å²) < 4.78 is 37.6. The molecule has 2 aromatic carbocycles. The van der Waals surface area contributed by atoms with Crippen molar-refractivity contribution in [1.82, 2.24) is 0 Å². The van der Waals surface area contributed by atoms with Crippen LogP contribution < -0.4 is 9.47 Å². The van der Waals surface area contributed by atoms with Gasteiger partial charge in [0.2, 0.25) is 0 Å². The minimum atomic E-state index is -0.520.